The predicted molar refractivity (Wildman–Crippen MR) is 129 cm³/mol. The van der Waals surface area contributed by atoms with Crippen LogP contribution in [0.1, 0.15) is 105 Å². The first-order chi connectivity index (χ1) is 13.3. The molecular weight excluding hydrogens is 368 g/mol. The van der Waals surface area contributed by atoms with Gasteiger partial charge in [-0.1, -0.05) is 65.5 Å². The number of allylic oxidation sites excluding steroid dienone is 1. The topological polar surface area (TPSA) is 90.2 Å². The van der Waals surface area contributed by atoms with Crippen LogP contribution in [0.25, 0.3) is 0 Å². The number of fused-ring (bicyclic) bond motifs is 5. The van der Waals surface area contributed by atoms with Crippen molar-refractivity contribution < 1.29 is 5.11 Å². The van der Waals surface area contributed by atoms with Crippen molar-refractivity contribution in [2.75, 3.05) is 0 Å². The molecule has 0 aromatic carbocycles. The molecule has 4 aliphatic carbocycles. The van der Waals surface area contributed by atoms with Crippen LogP contribution in [0.3, 0.4) is 0 Å². The van der Waals surface area contributed by atoms with E-state index in [2.05, 4.69) is 40.7 Å². The monoisotopic (exact) mass is 420 g/mol. The van der Waals surface area contributed by atoms with Crippen molar-refractivity contribution in [2.45, 2.75) is 111 Å². The maximum absolute atomic E-state index is 10.2. The summed E-state index contributed by atoms with van der Waals surface area (Å²) in [5, 5.41) is 10.2. The van der Waals surface area contributed by atoms with E-state index in [1.807, 2.05) is 0 Å². The SMILES string of the molecule is CC(C)CCC[C@@H](C)[C@H]1CC[C@H]2[C@@H]3CC=C4C[C@@H](O)CC[C@]4(C)[C@H]3CC[C@]12C.N.N. The van der Waals surface area contributed by atoms with Crippen LogP contribution in [0, 0.1) is 46.3 Å². The Hall–Kier alpha value is -0.380. The Balaban J connectivity index is 0.00000160. The summed E-state index contributed by atoms with van der Waals surface area (Å²) in [7, 11) is 0. The molecule has 3 heteroatoms. The molecule has 3 fully saturated rings. The molecule has 0 saturated heterocycles. The smallest absolute Gasteiger partial charge is 0.0577 e. The summed E-state index contributed by atoms with van der Waals surface area (Å²) in [6.07, 6.45) is 17.2. The van der Waals surface area contributed by atoms with Gasteiger partial charge in [0.25, 0.3) is 0 Å². The van der Waals surface area contributed by atoms with Crippen LogP contribution >= 0.6 is 0 Å². The van der Waals surface area contributed by atoms with Crippen LogP contribution in [-0.2, 0) is 0 Å². The first-order valence-electron chi connectivity index (χ1n) is 12.6. The Morgan fingerprint density at radius 3 is 2.40 bits per heavy atom. The van der Waals surface area contributed by atoms with E-state index in [1.54, 1.807) is 5.57 Å². The predicted octanol–water partition coefficient (Wildman–Crippen LogP) is 7.71. The fourth-order valence-electron chi connectivity index (χ4n) is 8.67. The van der Waals surface area contributed by atoms with Gasteiger partial charge in [-0.25, -0.2) is 0 Å². The number of hydrogen-bond donors (Lipinski definition) is 3. The quantitative estimate of drug-likeness (QED) is 0.398. The molecule has 8 atom stereocenters. The summed E-state index contributed by atoms with van der Waals surface area (Å²) in [4.78, 5) is 0. The summed E-state index contributed by atoms with van der Waals surface area (Å²) in [5.74, 6) is 5.46. The van der Waals surface area contributed by atoms with Gasteiger partial charge in [0.1, 0.15) is 0 Å². The molecule has 3 nitrogen and oxygen atoms in total. The van der Waals surface area contributed by atoms with Gasteiger partial charge in [-0.05, 0) is 97.7 Å². The van der Waals surface area contributed by atoms with Crippen molar-refractivity contribution >= 4 is 0 Å². The van der Waals surface area contributed by atoms with Crippen molar-refractivity contribution in [1.29, 1.82) is 0 Å². The van der Waals surface area contributed by atoms with Crippen LogP contribution < -0.4 is 12.3 Å². The van der Waals surface area contributed by atoms with Gasteiger partial charge < -0.3 is 17.4 Å². The Morgan fingerprint density at radius 2 is 1.70 bits per heavy atom. The molecular formula is C27H52N2O. The van der Waals surface area contributed by atoms with E-state index in [-0.39, 0.29) is 18.4 Å². The van der Waals surface area contributed by atoms with E-state index in [9.17, 15) is 5.11 Å². The van der Waals surface area contributed by atoms with E-state index < -0.39 is 0 Å². The first-order valence-corrected chi connectivity index (χ1v) is 12.6. The average molecular weight is 421 g/mol. The molecule has 176 valence electrons. The zero-order chi connectivity index (χ0) is 20.1. The van der Waals surface area contributed by atoms with Gasteiger partial charge in [0.05, 0.1) is 6.10 Å². The molecule has 0 unspecified atom stereocenters. The van der Waals surface area contributed by atoms with Gasteiger partial charge in [-0.15, -0.1) is 0 Å². The minimum Gasteiger partial charge on any atom is -0.393 e. The molecule has 0 aromatic heterocycles. The largest absolute Gasteiger partial charge is 0.393 e. The lowest BCUT2D eigenvalue weighted by molar-refractivity contribution is -0.0573. The van der Waals surface area contributed by atoms with E-state index in [0.717, 1.165) is 48.3 Å². The maximum atomic E-state index is 10.2. The fourth-order valence-corrected chi connectivity index (χ4v) is 8.67. The van der Waals surface area contributed by atoms with Crippen molar-refractivity contribution in [3.63, 3.8) is 0 Å². The highest BCUT2D eigenvalue weighted by molar-refractivity contribution is 5.25. The maximum Gasteiger partial charge on any atom is 0.0577 e. The number of rotatable bonds is 5. The molecule has 30 heavy (non-hydrogen) atoms. The molecule has 0 amide bonds. The molecule has 0 heterocycles. The Labute approximate surface area is 187 Å². The Morgan fingerprint density at radius 1 is 0.967 bits per heavy atom. The number of hydrogen-bond acceptors (Lipinski definition) is 3. The molecule has 3 saturated carbocycles. The lowest BCUT2D eigenvalue weighted by Crippen LogP contribution is -2.50. The van der Waals surface area contributed by atoms with Gasteiger partial charge in [0.15, 0.2) is 0 Å². The Kier molecular flexibility index (Phi) is 8.30. The standard InChI is InChI=1S/C27H46O.2H3N/c1-18(2)7-6-8-19(3)23-11-12-24-22-10-9-20-17-21(28)13-15-26(20,4)25(22)14-16-27(23,24)5;;/h9,18-19,21-25,28H,6-8,10-17H2,1-5H3;2*1H3/t19-,21+,22+,23-,24+,25+,26+,27-;;/m1../s1. The normalized spacial score (nSPS) is 43.4. The highest BCUT2D eigenvalue weighted by Gasteiger charge is 2.59. The van der Waals surface area contributed by atoms with E-state index in [0.29, 0.717) is 10.8 Å². The third kappa shape index (κ3) is 4.28. The van der Waals surface area contributed by atoms with E-state index in [4.69, 9.17) is 0 Å². The van der Waals surface area contributed by atoms with Crippen LogP contribution in [0.2, 0.25) is 0 Å². The third-order valence-corrected chi connectivity index (χ3v) is 10.3. The van der Waals surface area contributed by atoms with E-state index >= 15 is 0 Å². The zero-order valence-corrected chi connectivity index (χ0v) is 20.8. The van der Waals surface area contributed by atoms with Crippen molar-refractivity contribution in [3.8, 4) is 0 Å². The lowest BCUT2D eigenvalue weighted by Gasteiger charge is -2.58. The lowest BCUT2D eigenvalue weighted by atomic mass is 9.47. The molecule has 4 rings (SSSR count). The second-order valence-electron chi connectivity index (χ2n) is 12.2. The summed E-state index contributed by atoms with van der Waals surface area (Å²) in [5.41, 5.74) is 2.60. The number of aliphatic hydroxyl groups is 1. The van der Waals surface area contributed by atoms with E-state index in [1.165, 1.54) is 57.8 Å². The third-order valence-electron chi connectivity index (χ3n) is 10.3. The van der Waals surface area contributed by atoms with Crippen molar-refractivity contribution in [1.82, 2.24) is 12.3 Å². The molecule has 7 N–H and O–H groups in total. The average Bonchev–Trinajstić information content (AvgIpc) is 2.99. The molecule has 0 spiro atoms. The molecule has 0 radical (unpaired) electrons. The zero-order valence-electron chi connectivity index (χ0n) is 20.8. The number of aliphatic hydroxyl groups excluding tert-OH is 1. The van der Waals surface area contributed by atoms with Crippen LogP contribution in [0.5, 0.6) is 0 Å². The minimum absolute atomic E-state index is 0. The second kappa shape index (κ2) is 9.63. The highest BCUT2D eigenvalue weighted by atomic mass is 16.3. The second-order valence-corrected chi connectivity index (χ2v) is 12.2. The molecule has 0 bridgehead atoms. The summed E-state index contributed by atoms with van der Waals surface area (Å²) >= 11 is 0. The van der Waals surface area contributed by atoms with Crippen molar-refractivity contribution in [3.05, 3.63) is 11.6 Å². The fraction of sp³-hybridized carbons (Fsp3) is 0.926. The molecule has 0 aliphatic heterocycles. The van der Waals surface area contributed by atoms with Crippen molar-refractivity contribution in [2.24, 2.45) is 46.3 Å². The summed E-state index contributed by atoms with van der Waals surface area (Å²) < 4.78 is 0. The van der Waals surface area contributed by atoms with Gasteiger partial charge in [0, 0.05) is 0 Å². The highest BCUT2D eigenvalue weighted by Crippen LogP contribution is 2.67. The van der Waals surface area contributed by atoms with Crippen LogP contribution in [0.15, 0.2) is 11.6 Å². The van der Waals surface area contributed by atoms with Crippen LogP contribution in [0.4, 0.5) is 0 Å². The van der Waals surface area contributed by atoms with Gasteiger partial charge in [0.2, 0.25) is 0 Å². The van der Waals surface area contributed by atoms with Gasteiger partial charge >= 0.3 is 0 Å². The Bertz CT molecular complexity index is 602. The summed E-state index contributed by atoms with van der Waals surface area (Å²) in [6, 6.07) is 0. The van der Waals surface area contributed by atoms with Crippen LogP contribution in [-0.4, -0.2) is 11.2 Å². The van der Waals surface area contributed by atoms with Gasteiger partial charge in [-0.2, -0.15) is 0 Å². The van der Waals surface area contributed by atoms with Gasteiger partial charge in [-0.3, -0.25) is 0 Å². The summed E-state index contributed by atoms with van der Waals surface area (Å²) in [6.45, 7) is 12.6. The first kappa shape index (κ1) is 25.9. The minimum atomic E-state index is -0.0766. The molecule has 0 aromatic rings. The molecule has 4 aliphatic rings.